The van der Waals surface area contributed by atoms with E-state index < -0.39 is 29.1 Å². The molecule has 2 rings (SSSR count). The molecule has 0 radical (unpaired) electrons. The van der Waals surface area contributed by atoms with Gasteiger partial charge >= 0.3 is 5.97 Å². The van der Waals surface area contributed by atoms with Gasteiger partial charge < -0.3 is 15.2 Å². The van der Waals surface area contributed by atoms with Crippen molar-refractivity contribution in [3.63, 3.8) is 0 Å². The predicted molar refractivity (Wildman–Crippen MR) is 59.0 cm³/mol. The number of benzene rings is 1. The Morgan fingerprint density at radius 1 is 1.50 bits per heavy atom. The van der Waals surface area contributed by atoms with Gasteiger partial charge in [-0.05, 0) is 25.2 Å². The molecule has 1 heterocycles. The SMILES string of the molecule is CNC(c1cc(F)ccc1F)C1(C(=O)O)COC1. The van der Waals surface area contributed by atoms with Gasteiger partial charge in [0.1, 0.15) is 17.0 Å². The molecule has 0 spiro atoms. The summed E-state index contributed by atoms with van der Waals surface area (Å²) < 4.78 is 31.8. The van der Waals surface area contributed by atoms with E-state index in [1.807, 2.05) is 0 Å². The minimum absolute atomic E-state index is 0.00296. The summed E-state index contributed by atoms with van der Waals surface area (Å²) in [5.74, 6) is -2.33. The normalized spacial score (nSPS) is 19.1. The van der Waals surface area contributed by atoms with Gasteiger partial charge in [0, 0.05) is 5.56 Å². The lowest BCUT2D eigenvalue weighted by Gasteiger charge is -2.43. The molecule has 1 saturated heterocycles. The van der Waals surface area contributed by atoms with Crippen molar-refractivity contribution in [2.24, 2.45) is 5.41 Å². The van der Waals surface area contributed by atoms with Crippen LogP contribution in [0.4, 0.5) is 8.78 Å². The highest BCUT2D eigenvalue weighted by Crippen LogP contribution is 2.41. The van der Waals surface area contributed by atoms with Crippen molar-refractivity contribution in [1.82, 2.24) is 5.32 Å². The molecule has 0 aliphatic carbocycles. The third-order valence-electron chi connectivity index (χ3n) is 3.26. The first-order valence-corrected chi connectivity index (χ1v) is 5.44. The number of nitrogens with one attached hydrogen (secondary N) is 1. The van der Waals surface area contributed by atoms with Crippen LogP contribution in [0.3, 0.4) is 0 Å². The number of ether oxygens (including phenoxy) is 1. The lowest BCUT2D eigenvalue weighted by atomic mass is 9.75. The van der Waals surface area contributed by atoms with Crippen LogP contribution < -0.4 is 5.32 Å². The lowest BCUT2D eigenvalue weighted by molar-refractivity contribution is -0.186. The minimum atomic E-state index is -1.25. The van der Waals surface area contributed by atoms with Crippen LogP contribution in [0.5, 0.6) is 0 Å². The fourth-order valence-corrected chi connectivity index (χ4v) is 2.20. The molecule has 2 N–H and O–H groups in total. The Hall–Kier alpha value is -1.53. The molecule has 1 fully saturated rings. The van der Waals surface area contributed by atoms with E-state index in [1.165, 1.54) is 7.05 Å². The number of rotatable bonds is 4. The lowest BCUT2D eigenvalue weighted by Crippen LogP contribution is -2.56. The molecule has 98 valence electrons. The van der Waals surface area contributed by atoms with Gasteiger partial charge in [0.05, 0.1) is 19.3 Å². The Kier molecular flexibility index (Phi) is 3.32. The van der Waals surface area contributed by atoms with Crippen LogP contribution in [-0.2, 0) is 9.53 Å². The minimum Gasteiger partial charge on any atom is -0.481 e. The number of carboxylic acid groups (broad SMARTS) is 1. The topological polar surface area (TPSA) is 58.6 Å². The van der Waals surface area contributed by atoms with E-state index in [-0.39, 0.29) is 18.8 Å². The summed E-state index contributed by atoms with van der Waals surface area (Å²) >= 11 is 0. The summed E-state index contributed by atoms with van der Waals surface area (Å²) in [6.07, 6.45) is 0. The van der Waals surface area contributed by atoms with E-state index in [0.717, 1.165) is 18.2 Å². The zero-order valence-corrected chi connectivity index (χ0v) is 9.74. The molecule has 0 aromatic heterocycles. The summed E-state index contributed by atoms with van der Waals surface area (Å²) in [5, 5.41) is 12.0. The standard InChI is InChI=1S/C12H13F2NO3/c1-15-10(12(11(16)17)5-18-6-12)8-4-7(13)2-3-9(8)14/h2-4,10,15H,5-6H2,1H3,(H,16,17). The first-order valence-electron chi connectivity index (χ1n) is 5.44. The molecule has 0 amide bonds. The maximum absolute atomic E-state index is 13.7. The van der Waals surface area contributed by atoms with Crippen molar-refractivity contribution in [3.8, 4) is 0 Å². The van der Waals surface area contributed by atoms with E-state index >= 15 is 0 Å². The monoisotopic (exact) mass is 257 g/mol. The fraction of sp³-hybridized carbons (Fsp3) is 0.417. The summed E-state index contributed by atoms with van der Waals surface area (Å²) in [6, 6.07) is 2.17. The molecule has 1 aliphatic heterocycles. The van der Waals surface area contributed by atoms with Crippen molar-refractivity contribution >= 4 is 5.97 Å². The van der Waals surface area contributed by atoms with Crippen LogP contribution in [0.15, 0.2) is 18.2 Å². The molecule has 0 bridgehead atoms. The van der Waals surface area contributed by atoms with Crippen LogP contribution in [-0.4, -0.2) is 31.3 Å². The largest absolute Gasteiger partial charge is 0.481 e. The highest BCUT2D eigenvalue weighted by molar-refractivity contribution is 5.77. The van der Waals surface area contributed by atoms with E-state index in [9.17, 15) is 18.7 Å². The Balaban J connectivity index is 2.45. The molecule has 4 nitrogen and oxygen atoms in total. The second-order valence-corrected chi connectivity index (χ2v) is 4.34. The van der Waals surface area contributed by atoms with Crippen LogP contribution in [0.2, 0.25) is 0 Å². The first-order chi connectivity index (χ1) is 8.51. The molecule has 0 saturated carbocycles. The van der Waals surface area contributed by atoms with E-state index in [1.54, 1.807) is 0 Å². The molecule has 1 atom stereocenters. The smallest absolute Gasteiger partial charge is 0.316 e. The molecule has 1 aliphatic rings. The number of carboxylic acids is 1. The van der Waals surface area contributed by atoms with Crippen molar-refractivity contribution in [2.45, 2.75) is 6.04 Å². The van der Waals surface area contributed by atoms with Crippen LogP contribution in [0, 0.1) is 17.0 Å². The molecular formula is C12H13F2NO3. The first kappa shape index (κ1) is 12.9. The van der Waals surface area contributed by atoms with Gasteiger partial charge in [-0.2, -0.15) is 0 Å². The summed E-state index contributed by atoms with van der Waals surface area (Å²) in [7, 11) is 1.51. The van der Waals surface area contributed by atoms with Gasteiger partial charge in [-0.25, -0.2) is 8.78 Å². The average Bonchev–Trinajstić information content (AvgIpc) is 2.26. The maximum Gasteiger partial charge on any atom is 0.316 e. The number of halogens is 2. The van der Waals surface area contributed by atoms with Crippen molar-refractivity contribution < 1.29 is 23.4 Å². The van der Waals surface area contributed by atoms with E-state index in [0.29, 0.717) is 0 Å². The molecule has 1 aromatic carbocycles. The van der Waals surface area contributed by atoms with Crippen LogP contribution in [0.25, 0.3) is 0 Å². The number of hydrogen-bond acceptors (Lipinski definition) is 3. The van der Waals surface area contributed by atoms with E-state index in [2.05, 4.69) is 5.32 Å². The van der Waals surface area contributed by atoms with Crippen molar-refractivity contribution in [2.75, 3.05) is 20.3 Å². The number of carbonyl (C=O) groups is 1. The molecule has 6 heteroatoms. The van der Waals surface area contributed by atoms with Crippen molar-refractivity contribution in [1.29, 1.82) is 0 Å². The Labute approximate surface area is 103 Å². The third kappa shape index (κ3) is 1.87. The van der Waals surface area contributed by atoms with Gasteiger partial charge in [-0.3, -0.25) is 4.79 Å². The molecular weight excluding hydrogens is 244 g/mol. The highest BCUT2D eigenvalue weighted by atomic mass is 19.1. The second kappa shape index (κ2) is 4.62. The quantitative estimate of drug-likeness (QED) is 0.854. The van der Waals surface area contributed by atoms with E-state index in [4.69, 9.17) is 4.74 Å². The van der Waals surface area contributed by atoms with Gasteiger partial charge in [0.2, 0.25) is 0 Å². The highest BCUT2D eigenvalue weighted by Gasteiger charge is 2.53. The summed E-state index contributed by atoms with van der Waals surface area (Å²) in [6.45, 7) is -0.0480. The van der Waals surface area contributed by atoms with Gasteiger partial charge in [0.15, 0.2) is 0 Å². The third-order valence-corrected chi connectivity index (χ3v) is 3.26. The molecule has 1 aromatic rings. The Bertz CT molecular complexity index is 474. The number of aliphatic carboxylic acids is 1. The fourth-order valence-electron chi connectivity index (χ4n) is 2.20. The van der Waals surface area contributed by atoms with Crippen LogP contribution >= 0.6 is 0 Å². The van der Waals surface area contributed by atoms with Gasteiger partial charge in [-0.15, -0.1) is 0 Å². The predicted octanol–water partition coefficient (Wildman–Crippen LogP) is 1.33. The Morgan fingerprint density at radius 3 is 2.61 bits per heavy atom. The zero-order valence-electron chi connectivity index (χ0n) is 9.74. The van der Waals surface area contributed by atoms with Crippen molar-refractivity contribution in [3.05, 3.63) is 35.4 Å². The Morgan fingerprint density at radius 2 is 2.17 bits per heavy atom. The van der Waals surface area contributed by atoms with Gasteiger partial charge in [-0.1, -0.05) is 0 Å². The summed E-state index contributed by atoms with van der Waals surface area (Å²) in [4.78, 5) is 11.3. The second-order valence-electron chi connectivity index (χ2n) is 4.34. The number of hydrogen-bond donors (Lipinski definition) is 2. The molecule has 1 unspecified atom stereocenters. The van der Waals surface area contributed by atoms with Crippen LogP contribution in [0.1, 0.15) is 11.6 Å². The zero-order chi connectivity index (χ0) is 13.3. The molecule has 18 heavy (non-hydrogen) atoms. The average molecular weight is 257 g/mol. The maximum atomic E-state index is 13.7. The summed E-state index contributed by atoms with van der Waals surface area (Å²) in [5.41, 5.74) is -1.24. The van der Waals surface area contributed by atoms with Gasteiger partial charge in [0.25, 0.3) is 0 Å².